The Morgan fingerprint density at radius 2 is 2.06 bits per heavy atom. The number of ether oxygens (including phenoxy) is 1. The van der Waals surface area contributed by atoms with E-state index in [0.29, 0.717) is 11.1 Å². The molecule has 2 unspecified atom stereocenters. The fourth-order valence-electron chi connectivity index (χ4n) is 4.08. The van der Waals surface area contributed by atoms with Crippen LogP contribution in [0.5, 0.6) is 5.75 Å². The van der Waals surface area contributed by atoms with E-state index < -0.39 is 33.9 Å². The highest BCUT2D eigenvalue weighted by Crippen LogP contribution is 2.42. The van der Waals surface area contributed by atoms with E-state index in [-0.39, 0.29) is 40.1 Å². The van der Waals surface area contributed by atoms with E-state index in [9.17, 15) is 17.9 Å². The highest BCUT2D eigenvalue weighted by atomic mass is 35.5. The summed E-state index contributed by atoms with van der Waals surface area (Å²) >= 11 is 6.20. The molecule has 9 nitrogen and oxygen atoms in total. The summed E-state index contributed by atoms with van der Waals surface area (Å²) in [6, 6.07) is 4.66. The summed E-state index contributed by atoms with van der Waals surface area (Å²) in [5, 5.41) is 24.3. The summed E-state index contributed by atoms with van der Waals surface area (Å²) in [6.45, 7) is 5.44. The van der Waals surface area contributed by atoms with Gasteiger partial charge in [-0.25, -0.2) is 12.8 Å². The topological polar surface area (TPSA) is 130 Å². The molecule has 0 amide bonds. The second-order valence-corrected chi connectivity index (χ2v) is 10.1. The second-order valence-electron chi connectivity index (χ2n) is 8.00. The molecule has 33 heavy (non-hydrogen) atoms. The maximum Gasteiger partial charge on any atom is 0.244 e. The second kappa shape index (κ2) is 8.98. The Kier molecular flexibility index (Phi) is 6.41. The van der Waals surface area contributed by atoms with Crippen LogP contribution in [0.25, 0.3) is 0 Å². The van der Waals surface area contributed by atoms with Gasteiger partial charge in [0, 0.05) is 17.9 Å². The SMILES string of the molecule is Cc1ccc(F)c(C(C)C(NS(=O)(=O)c2ccc(Cl)c3c2OCC[C@H]3O)c2nn[nH]n2)c1C. The van der Waals surface area contributed by atoms with E-state index >= 15 is 0 Å². The van der Waals surface area contributed by atoms with Crippen LogP contribution in [-0.4, -0.2) is 40.8 Å². The molecular weight excluding hydrogens is 473 g/mol. The van der Waals surface area contributed by atoms with Crippen LogP contribution in [0.1, 0.15) is 59.5 Å². The van der Waals surface area contributed by atoms with Crippen LogP contribution >= 0.6 is 11.6 Å². The normalized spacial score (nSPS) is 17.8. The van der Waals surface area contributed by atoms with E-state index in [1.807, 2.05) is 6.92 Å². The molecule has 3 aromatic rings. The molecule has 0 fully saturated rings. The number of aliphatic hydroxyl groups excluding tert-OH is 1. The number of tetrazole rings is 1. The molecule has 176 valence electrons. The van der Waals surface area contributed by atoms with E-state index in [1.54, 1.807) is 19.9 Å². The Hall–Kier alpha value is -2.60. The lowest BCUT2D eigenvalue weighted by molar-refractivity contribution is 0.113. The quantitative estimate of drug-likeness (QED) is 0.478. The summed E-state index contributed by atoms with van der Waals surface area (Å²) in [5.41, 5.74) is 2.13. The van der Waals surface area contributed by atoms with Crippen molar-refractivity contribution >= 4 is 21.6 Å². The molecule has 0 saturated carbocycles. The van der Waals surface area contributed by atoms with Gasteiger partial charge in [0.15, 0.2) is 5.82 Å². The summed E-state index contributed by atoms with van der Waals surface area (Å²) in [6.07, 6.45) is -0.662. The van der Waals surface area contributed by atoms with Crippen LogP contribution in [0, 0.1) is 19.7 Å². The first-order valence-corrected chi connectivity index (χ1v) is 12.1. The Bertz CT molecular complexity index is 1290. The van der Waals surface area contributed by atoms with Gasteiger partial charge in [-0.1, -0.05) is 29.8 Å². The average Bonchev–Trinajstić information content (AvgIpc) is 3.29. The number of hydrogen-bond acceptors (Lipinski definition) is 7. The number of nitrogens with one attached hydrogen (secondary N) is 2. The molecule has 0 aliphatic carbocycles. The van der Waals surface area contributed by atoms with E-state index in [2.05, 4.69) is 25.3 Å². The van der Waals surface area contributed by atoms with Crippen molar-refractivity contribution in [2.45, 2.75) is 50.2 Å². The highest BCUT2D eigenvalue weighted by Gasteiger charge is 2.36. The smallest absolute Gasteiger partial charge is 0.244 e. The van der Waals surface area contributed by atoms with Crippen molar-refractivity contribution < 1.29 is 22.7 Å². The third kappa shape index (κ3) is 4.33. The van der Waals surface area contributed by atoms with Crippen LogP contribution < -0.4 is 9.46 Å². The molecule has 2 heterocycles. The number of sulfonamides is 1. The first-order valence-electron chi connectivity index (χ1n) is 10.3. The van der Waals surface area contributed by atoms with Gasteiger partial charge in [-0.05, 0) is 48.7 Å². The van der Waals surface area contributed by atoms with Gasteiger partial charge in [-0.2, -0.15) is 9.94 Å². The maximum absolute atomic E-state index is 14.8. The number of benzene rings is 2. The molecule has 0 saturated heterocycles. The number of halogens is 2. The largest absolute Gasteiger partial charge is 0.492 e. The number of hydrogen-bond donors (Lipinski definition) is 3. The standard InChI is InChI=1S/C21H23ClFN5O4S/c1-10-4-6-14(23)17(11(10)2)12(3)19(21-24-27-28-25-21)26-33(30,31)16-7-5-13(22)18-15(29)8-9-32-20(16)18/h4-7,12,15,19,26,29H,8-9H2,1-3H3,(H,24,25,27,28)/t12?,15-,19?/m1/s1. The zero-order valence-electron chi connectivity index (χ0n) is 18.1. The third-order valence-electron chi connectivity index (χ3n) is 5.98. The van der Waals surface area contributed by atoms with Gasteiger partial charge in [0.1, 0.15) is 16.5 Å². The summed E-state index contributed by atoms with van der Waals surface area (Å²) in [4.78, 5) is -0.192. The lowest BCUT2D eigenvalue weighted by Gasteiger charge is -2.28. The average molecular weight is 496 g/mol. The van der Waals surface area contributed by atoms with Gasteiger partial charge < -0.3 is 9.84 Å². The molecule has 0 radical (unpaired) electrons. The molecule has 0 spiro atoms. The van der Waals surface area contributed by atoms with Crippen LogP contribution in [-0.2, 0) is 10.0 Å². The predicted octanol–water partition coefficient (Wildman–Crippen LogP) is 3.25. The van der Waals surface area contributed by atoms with Crippen molar-refractivity contribution in [2.75, 3.05) is 6.61 Å². The van der Waals surface area contributed by atoms with Gasteiger partial charge in [0.05, 0.1) is 23.8 Å². The van der Waals surface area contributed by atoms with Crippen molar-refractivity contribution in [3.63, 3.8) is 0 Å². The number of fused-ring (bicyclic) bond motifs is 1. The molecule has 4 rings (SSSR count). The summed E-state index contributed by atoms with van der Waals surface area (Å²) in [5.74, 6) is -1.11. The monoisotopic (exact) mass is 495 g/mol. The Morgan fingerprint density at radius 1 is 1.30 bits per heavy atom. The number of aromatic amines is 1. The van der Waals surface area contributed by atoms with E-state index in [0.717, 1.165) is 5.56 Å². The van der Waals surface area contributed by atoms with Gasteiger partial charge in [0.25, 0.3) is 0 Å². The van der Waals surface area contributed by atoms with Crippen LogP contribution in [0.15, 0.2) is 29.2 Å². The molecule has 0 bridgehead atoms. The molecule has 3 atom stereocenters. The van der Waals surface area contributed by atoms with E-state index in [1.165, 1.54) is 18.2 Å². The number of rotatable bonds is 6. The number of aliphatic hydroxyl groups is 1. The predicted molar refractivity (Wildman–Crippen MR) is 118 cm³/mol. The molecule has 2 aromatic carbocycles. The summed E-state index contributed by atoms with van der Waals surface area (Å²) in [7, 11) is -4.24. The number of aryl methyl sites for hydroxylation is 1. The van der Waals surface area contributed by atoms with Gasteiger partial charge in [0.2, 0.25) is 10.0 Å². The van der Waals surface area contributed by atoms with Gasteiger partial charge in [-0.15, -0.1) is 10.2 Å². The molecule has 1 aliphatic rings. The van der Waals surface area contributed by atoms with Crippen LogP contribution in [0.2, 0.25) is 5.02 Å². The van der Waals surface area contributed by atoms with Crippen molar-refractivity contribution in [1.29, 1.82) is 0 Å². The minimum Gasteiger partial charge on any atom is -0.492 e. The first kappa shape index (κ1) is 23.6. The Balaban J connectivity index is 1.79. The lowest BCUT2D eigenvalue weighted by atomic mass is 9.88. The highest BCUT2D eigenvalue weighted by molar-refractivity contribution is 7.89. The molecule has 1 aliphatic heterocycles. The fraction of sp³-hybridized carbons (Fsp3) is 0.381. The van der Waals surface area contributed by atoms with Crippen LogP contribution in [0.3, 0.4) is 0 Å². The van der Waals surface area contributed by atoms with Crippen molar-refractivity contribution in [3.05, 3.63) is 63.2 Å². The van der Waals surface area contributed by atoms with Gasteiger partial charge >= 0.3 is 0 Å². The minimum absolute atomic E-state index is 0.00817. The molecule has 12 heteroatoms. The number of nitrogens with zero attached hydrogens (tertiary/aromatic N) is 3. The minimum atomic E-state index is -4.24. The summed E-state index contributed by atoms with van der Waals surface area (Å²) < 4.78 is 50.0. The van der Waals surface area contributed by atoms with Crippen molar-refractivity contribution in [3.8, 4) is 5.75 Å². The van der Waals surface area contributed by atoms with E-state index in [4.69, 9.17) is 16.3 Å². The zero-order valence-corrected chi connectivity index (χ0v) is 19.7. The Morgan fingerprint density at radius 3 is 2.76 bits per heavy atom. The Labute approximate surface area is 195 Å². The van der Waals surface area contributed by atoms with Crippen molar-refractivity contribution in [1.82, 2.24) is 25.3 Å². The maximum atomic E-state index is 14.8. The molecule has 1 aromatic heterocycles. The molecular formula is C21H23ClFN5O4S. The fourth-order valence-corrected chi connectivity index (χ4v) is 5.79. The lowest BCUT2D eigenvalue weighted by Crippen LogP contribution is -2.34. The molecule has 3 N–H and O–H groups in total. The first-order chi connectivity index (χ1) is 15.6. The third-order valence-corrected chi connectivity index (χ3v) is 7.77. The van der Waals surface area contributed by atoms with Crippen LogP contribution in [0.4, 0.5) is 4.39 Å². The number of aromatic nitrogens is 4. The zero-order chi connectivity index (χ0) is 23.9. The van der Waals surface area contributed by atoms with Gasteiger partial charge in [-0.3, -0.25) is 0 Å². The van der Waals surface area contributed by atoms with Crippen molar-refractivity contribution in [2.24, 2.45) is 0 Å². The number of H-pyrrole nitrogens is 1.